The highest BCUT2D eigenvalue weighted by molar-refractivity contribution is 6.46. The SMILES string of the molecule is COc1ccc(CN2C(=O)C(=O)/C(=C(/O)c3cc(C(C)(C)C)ccc3OC)C2c2ccccc2)cc1. The average Bonchev–Trinajstić information content (AvgIpc) is 3.13. The van der Waals surface area contributed by atoms with Gasteiger partial charge >= 0.3 is 0 Å². The Morgan fingerprint density at radius 2 is 1.58 bits per heavy atom. The molecule has 0 radical (unpaired) electrons. The highest BCUT2D eigenvalue weighted by Gasteiger charge is 2.46. The van der Waals surface area contributed by atoms with Gasteiger partial charge in [0.2, 0.25) is 0 Å². The maximum Gasteiger partial charge on any atom is 0.295 e. The fraction of sp³-hybridized carbons (Fsp3) is 0.267. The fourth-order valence-corrected chi connectivity index (χ4v) is 4.46. The highest BCUT2D eigenvalue weighted by Crippen LogP contribution is 2.42. The number of Topliss-reactive ketones (excluding diaryl/α,β-unsaturated/α-hetero) is 1. The number of likely N-dealkylation sites (tertiary alicyclic amines) is 1. The Balaban J connectivity index is 1.88. The number of carbonyl (C=O) groups is 2. The van der Waals surface area contributed by atoms with Crippen LogP contribution in [0.3, 0.4) is 0 Å². The Bertz CT molecular complexity index is 1300. The van der Waals surface area contributed by atoms with Gasteiger partial charge < -0.3 is 19.5 Å². The van der Waals surface area contributed by atoms with Gasteiger partial charge in [-0.05, 0) is 46.4 Å². The monoisotopic (exact) mass is 485 g/mol. The van der Waals surface area contributed by atoms with E-state index >= 15 is 0 Å². The lowest BCUT2D eigenvalue weighted by atomic mass is 9.85. The van der Waals surface area contributed by atoms with E-state index in [1.807, 2.05) is 66.7 Å². The quantitative estimate of drug-likeness (QED) is 0.278. The minimum absolute atomic E-state index is 0.0454. The van der Waals surface area contributed by atoms with E-state index in [1.165, 1.54) is 12.0 Å². The summed E-state index contributed by atoms with van der Waals surface area (Å²) in [4.78, 5) is 28.2. The van der Waals surface area contributed by atoms with Crippen molar-refractivity contribution < 1.29 is 24.2 Å². The molecule has 6 heteroatoms. The third kappa shape index (κ3) is 4.71. The molecule has 0 saturated carbocycles. The van der Waals surface area contributed by atoms with Gasteiger partial charge in [0, 0.05) is 6.54 Å². The van der Waals surface area contributed by atoms with Crippen LogP contribution in [0.1, 0.15) is 49.1 Å². The molecule has 1 N–H and O–H groups in total. The van der Waals surface area contributed by atoms with Crippen molar-refractivity contribution in [2.45, 2.75) is 38.8 Å². The number of hydrogen-bond acceptors (Lipinski definition) is 5. The standard InChI is InChI=1S/C30H31NO5/c1-30(2,3)21-13-16-24(36-5)23(17-21)27(32)25-26(20-9-7-6-8-10-20)31(29(34)28(25)33)18-19-11-14-22(35-4)15-12-19/h6-17,26,32H,18H2,1-5H3/b27-25+. The minimum atomic E-state index is -0.753. The van der Waals surface area contributed by atoms with Crippen LogP contribution in [0.2, 0.25) is 0 Å². The number of rotatable bonds is 6. The van der Waals surface area contributed by atoms with Crippen molar-refractivity contribution in [2.24, 2.45) is 0 Å². The molecule has 186 valence electrons. The zero-order valence-electron chi connectivity index (χ0n) is 21.2. The van der Waals surface area contributed by atoms with Crippen LogP contribution in [0.15, 0.2) is 78.4 Å². The Hall–Kier alpha value is -4.06. The molecule has 1 fully saturated rings. The smallest absolute Gasteiger partial charge is 0.295 e. The number of amides is 1. The summed E-state index contributed by atoms with van der Waals surface area (Å²) in [5.74, 6) is -0.507. The Labute approximate surface area is 211 Å². The van der Waals surface area contributed by atoms with Gasteiger partial charge in [-0.2, -0.15) is 0 Å². The van der Waals surface area contributed by atoms with E-state index in [9.17, 15) is 14.7 Å². The summed E-state index contributed by atoms with van der Waals surface area (Å²) in [6.07, 6.45) is 0. The molecule has 0 aromatic heterocycles. The first-order valence-corrected chi connectivity index (χ1v) is 11.8. The average molecular weight is 486 g/mol. The third-order valence-corrected chi connectivity index (χ3v) is 6.49. The zero-order valence-corrected chi connectivity index (χ0v) is 21.2. The molecule has 6 nitrogen and oxygen atoms in total. The van der Waals surface area contributed by atoms with Crippen molar-refractivity contribution in [3.8, 4) is 11.5 Å². The maximum atomic E-state index is 13.4. The van der Waals surface area contributed by atoms with E-state index in [0.717, 1.165) is 16.7 Å². The van der Waals surface area contributed by atoms with Gasteiger partial charge in [-0.15, -0.1) is 0 Å². The van der Waals surface area contributed by atoms with E-state index in [2.05, 4.69) is 20.8 Å². The van der Waals surface area contributed by atoms with Crippen molar-refractivity contribution in [2.75, 3.05) is 14.2 Å². The number of aliphatic hydroxyl groups is 1. The molecule has 0 bridgehead atoms. The number of hydrogen-bond donors (Lipinski definition) is 1. The van der Waals surface area contributed by atoms with Crippen LogP contribution in [-0.2, 0) is 21.5 Å². The zero-order chi connectivity index (χ0) is 26.0. The van der Waals surface area contributed by atoms with Gasteiger partial charge in [-0.25, -0.2) is 0 Å². The van der Waals surface area contributed by atoms with E-state index in [1.54, 1.807) is 13.2 Å². The van der Waals surface area contributed by atoms with Crippen molar-refractivity contribution in [3.63, 3.8) is 0 Å². The summed E-state index contributed by atoms with van der Waals surface area (Å²) in [5.41, 5.74) is 2.77. The summed E-state index contributed by atoms with van der Waals surface area (Å²) < 4.78 is 10.8. The van der Waals surface area contributed by atoms with Crippen LogP contribution in [0, 0.1) is 0 Å². The number of aliphatic hydroxyl groups excluding tert-OH is 1. The normalized spacial score (nSPS) is 17.4. The van der Waals surface area contributed by atoms with Gasteiger partial charge in [0.15, 0.2) is 0 Å². The number of carbonyl (C=O) groups excluding carboxylic acids is 2. The van der Waals surface area contributed by atoms with Gasteiger partial charge in [-0.3, -0.25) is 9.59 Å². The molecule has 1 aliphatic rings. The van der Waals surface area contributed by atoms with Crippen LogP contribution < -0.4 is 9.47 Å². The van der Waals surface area contributed by atoms with E-state index in [0.29, 0.717) is 17.1 Å². The summed E-state index contributed by atoms with van der Waals surface area (Å²) >= 11 is 0. The number of nitrogens with zero attached hydrogens (tertiary/aromatic N) is 1. The largest absolute Gasteiger partial charge is 0.507 e. The highest BCUT2D eigenvalue weighted by atomic mass is 16.5. The molecular formula is C30H31NO5. The van der Waals surface area contributed by atoms with Crippen molar-refractivity contribution in [1.82, 2.24) is 4.90 Å². The lowest BCUT2D eigenvalue weighted by molar-refractivity contribution is -0.140. The summed E-state index contributed by atoms with van der Waals surface area (Å²) in [6, 6.07) is 21.4. The first-order chi connectivity index (χ1) is 17.2. The lowest BCUT2D eigenvalue weighted by Gasteiger charge is -2.26. The maximum absolute atomic E-state index is 13.4. The molecule has 1 aliphatic heterocycles. The van der Waals surface area contributed by atoms with Crippen molar-refractivity contribution >= 4 is 17.4 Å². The predicted octanol–water partition coefficient (Wildman–Crippen LogP) is 5.62. The van der Waals surface area contributed by atoms with Gasteiger partial charge in [0.05, 0.1) is 31.4 Å². The van der Waals surface area contributed by atoms with Crippen LogP contribution >= 0.6 is 0 Å². The molecule has 36 heavy (non-hydrogen) atoms. The van der Waals surface area contributed by atoms with E-state index in [4.69, 9.17) is 9.47 Å². The van der Waals surface area contributed by atoms with Crippen LogP contribution in [0.25, 0.3) is 5.76 Å². The summed E-state index contributed by atoms with van der Waals surface area (Å²) in [7, 11) is 3.10. The minimum Gasteiger partial charge on any atom is -0.507 e. The van der Waals surface area contributed by atoms with Crippen LogP contribution in [-0.4, -0.2) is 35.9 Å². The van der Waals surface area contributed by atoms with E-state index in [-0.39, 0.29) is 23.3 Å². The summed E-state index contributed by atoms with van der Waals surface area (Å²) in [6.45, 7) is 6.40. The fourth-order valence-electron chi connectivity index (χ4n) is 4.46. The molecule has 1 atom stereocenters. The van der Waals surface area contributed by atoms with Crippen molar-refractivity contribution in [3.05, 3.63) is 101 Å². The van der Waals surface area contributed by atoms with Gasteiger partial charge in [0.25, 0.3) is 11.7 Å². The Kier molecular flexibility index (Phi) is 6.88. The molecule has 1 amide bonds. The molecular weight excluding hydrogens is 454 g/mol. The Morgan fingerprint density at radius 3 is 2.17 bits per heavy atom. The van der Waals surface area contributed by atoms with Crippen molar-refractivity contribution in [1.29, 1.82) is 0 Å². The summed E-state index contributed by atoms with van der Waals surface area (Å²) in [5, 5.41) is 11.6. The number of ether oxygens (including phenoxy) is 2. The van der Waals surface area contributed by atoms with Crippen LogP contribution in [0.5, 0.6) is 11.5 Å². The lowest BCUT2D eigenvalue weighted by Crippen LogP contribution is -2.29. The van der Waals surface area contributed by atoms with Gasteiger partial charge in [-0.1, -0.05) is 69.3 Å². The van der Waals surface area contributed by atoms with E-state index < -0.39 is 17.7 Å². The molecule has 0 aliphatic carbocycles. The molecule has 1 unspecified atom stereocenters. The second-order valence-electron chi connectivity index (χ2n) is 9.85. The molecule has 1 saturated heterocycles. The first-order valence-electron chi connectivity index (χ1n) is 11.8. The molecule has 1 heterocycles. The second-order valence-corrected chi connectivity index (χ2v) is 9.85. The second kappa shape index (κ2) is 9.90. The first kappa shape index (κ1) is 25.0. The topological polar surface area (TPSA) is 76.1 Å². The number of ketones is 1. The molecule has 3 aromatic carbocycles. The van der Waals surface area contributed by atoms with Crippen LogP contribution in [0.4, 0.5) is 0 Å². The molecule has 4 rings (SSSR count). The number of methoxy groups -OCH3 is 2. The molecule has 3 aromatic rings. The van der Waals surface area contributed by atoms with Gasteiger partial charge in [0.1, 0.15) is 17.3 Å². The predicted molar refractivity (Wildman–Crippen MR) is 139 cm³/mol. The third-order valence-electron chi connectivity index (χ3n) is 6.49. The Morgan fingerprint density at radius 1 is 0.917 bits per heavy atom. The number of benzene rings is 3. The molecule has 0 spiro atoms.